The number of hydrogen-bond acceptors (Lipinski definition) is 5. The summed E-state index contributed by atoms with van der Waals surface area (Å²) in [7, 11) is 0. The highest BCUT2D eigenvalue weighted by Crippen LogP contribution is 2.48. The van der Waals surface area contributed by atoms with Crippen LogP contribution in [0.5, 0.6) is 0 Å². The first-order valence-electron chi connectivity index (χ1n) is 15.6. The first-order chi connectivity index (χ1) is 23.3. The first kappa shape index (κ1) is 25.8. The van der Waals surface area contributed by atoms with Crippen LogP contribution < -0.4 is 0 Å². The second-order valence-corrected chi connectivity index (χ2v) is 11.9. The molecule has 5 nitrogen and oxygen atoms in total. The molecule has 10 rings (SSSR count). The van der Waals surface area contributed by atoms with Crippen LogP contribution in [0.2, 0.25) is 0 Å². The molecule has 47 heavy (non-hydrogen) atoms. The van der Waals surface area contributed by atoms with Crippen molar-refractivity contribution < 1.29 is 4.42 Å². The average molecular weight is 601 g/mol. The third-order valence-electron chi connectivity index (χ3n) is 9.17. The maximum Gasteiger partial charge on any atom is 0.164 e. The van der Waals surface area contributed by atoms with Gasteiger partial charge in [0.15, 0.2) is 17.5 Å². The molecule has 0 bridgehead atoms. The van der Waals surface area contributed by atoms with Gasteiger partial charge in [-0.3, -0.25) is 4.98 Å². The summed E-state index contributed by atoms with van der Waals surface area (Å²) in [4.78, 5) is 19.5. The molecule has 0 saturated heterocycles. The zero-order valence-corrected chi connectivity index (χ0v) is 25.1. The monoisotopic (exact) mass is 600 g/mol. The fraction of sp³-hybridized carbons (Fsp3) is 0. The maximum atomic E-state index is 6.19. The highest BCUT2D eigenvalue weighted by atomic mass is 16.3. The van der Waals surface area contributed by atoms with Crippen LogP contribution in [0, 0.1) is 0 Å². The van der Waals surface area contributed by atoms with Crippen LogP contribution in [0.15, 0.2) is 150 Å². The number of nitrogens with zero attached hydrogens (tertiary/aromatic N) is 4. The summed E-state index contributed by atoms with van der Waals surface area (Å²) in [5, 5.41) is 4.49. The number of pyridine rings is 1. The maximum absolute atomic E-state index is 6.19. The van der Waals surface area contributed by atoms with E-state index in [0.717, 1.165) is 49.8 Å². The van der Waals surface area contributed by atoms with Crippen LogP contribution in [0.3, 0.4) is 0 Å². The normalized spacial score (nSPS) is 11.8. The molecule has 0 unspecified atom stereocenters. The van der Waals surface area contributed by atoms with Crippen molar-refractivity contribution in [1.82, 2.24) is 19.9 Å². The number of aromatic nitrogens is 4. The van der Waals surface area contributed by atoms with E-state index in [2.05, 4.69) is 77.8 Å². The van der Waals surface area contributed by atoms with Gasteiger partial charge in [0.25, 0.3) is 0 Å². The minimum Gasteiger partial charge on any atom is -0.456 e. The quantitative estimate of drug-likeness (QED) is 0.201. The molecule has 6 aromatic carbocycles. The molecule has 1 aliphatic carbocycles. The molecule has 0 atom stereocenters. The van der Waals surface area contributed by atoms with Gasteiger partial charge in [0.05, 0.1) is 0 Å². The van der Waals surface area contributed by atoms with Gasteiger partial charge in [-0.25, -0.2) is 15.0 Å². The van der Waals surface area contributed by atoms with Gasteiger partial charge in [-0.1, -0.05) is 115 Å². The van der Waals surface area contributed by atoms with Gasteiger partial charge in [-0.15, -0.1) is 0 Å². The molecule has 3 heterocycles. The summed E-state index contributed by atoms with van der Waals surface area (Å²) < 4.78 is 6.19. The van der Waals surface area contributed by atoms with Crippen molar-refractivity contribution in [2.24, 2.45) is 0 Å². The van der Waals surface area contributed by atoms with Crippen molar-refractivity contribution in [1.29, 1.82) is 0 Å². The predicted molar refractivity (Wildman–Crippen MR) is 189 cm³/mol. The third kappa shape index (κ3) is 4.03. The molecule has 0 radical (unpaired) electrons. The van der Waals surface area contributed by atoms with E-state index in [1.165, 1.54) is 33.0 Å². The number of hydrogen-bond donors (Lipinski definition) is 0. The van der Waals surface area contributed by atoms with Crippen LogP contribution in [0.1, 0.15) is 0 Å². The smallest absolute Gasteiger partial charge is 0.164 e. The van der Waals surface area contributed by atoms with E-state index in [-0.39, 0.29) is 0 Å². The fourth-order valence-corrected chi connectivity index (χ4v) is 6.96. The van der Waals surface area contributed by atoms with Gasteiger partial charge in [-0.05, 0) is 46.0 Å². The standard InChI is InChI=1S/C42H24N4O/c1-2-8-26(9-3-1)40-44-41(46-42(45-40)33-13-7-15-37-39(33)32-11-4-5-14-36(32)47-37)27-18-16-25(17-19-27)28-20-21-30-34(22-28)31-12-6-10-29-23-43-24-35(30)38(29)31/h1-24H. The lowest BCUT2D eigenvalue weighted by Crippen LogP contribution is -2.00. The summed E-state index contributed by atoms with van der Waals surface area (Å²) in [5.74, 6) is 1.85. The summed E-state index contributed by atoms with van der Waals surface area (Å²) >= 11 is 0. The van der Waals surface area contributed by atoms with E-state index in [1.807, 2.05) is 73.1 Å². The number of rotatable bonds is 4. The van der Waals surface area contributed by atoms with E-state index >= 15 is 0 Å². The Kier molecular flexibility index (Phi) is 5.51. The zero-order valence-electron chi connectivity index (χ0n) is 25.1. The summed E-state index contributed by atoms with van der Waals surface area (Å²) in [6.45, 7) is 0. The predicted octanol–water partition coefficient (Wildman–Crippen LogP) is 10.6. The van der Waals surface area contributed by atoms with Gasteiger partial charge in [0.2, 0.25) is 0 Å². The molecule has 0 aliphatic heterocycles. The van der Waals surface area contributed by atoms with E-state index in [0.29, 0.717) is 17.5 Å². The molecule has 9 aromatic rings. The summed E-state index contributed by atoms with van der Waals surface area (Å²) in [6.07, 6.45) is 3.93. The van der Waals surface area contributed by atoms with Crippen LogP contribution in [-0.2, 0) is 0 Å². The highest BCUT2D eigenvalue weighted by Gasteiger charge is 2.22. The molecule has 218 valence electrons. The Labute approximate surface area is 269 Å². The second kappa shape index (κ2) is 10.0. The fourth-order valence-electron chi connectivity index (χ4n) is 6.96. The lowest BCUT2D eigenvalue weighted by atomic mass is 9.97. The number of para-hydroxylation sites is 1. The Balaban J connectivity index is 1.09. The minimum absolute atomic E-state index is 0.608. The molecule has 1 aliphatic rings. The zero-order chi connectivity index (χ0) is 30.9. The Bertz CT molecular complexity index is 2670. The Morgan fingerprint density at radius 3 is 1.94 bits per heavy atom. The van der Waals surface area contributed by atoms with E-state index < -0.39 is 0 Å². The Morgan fingerprint density at radius 1 is 0.383 bits per heavy atom. The number of furan rings is 1. The lowest BCUT2D eigenvalue weighted by Gasteiger charge is -2.10. The van der Waals surface area contributed by atoms with Crippen LogP contribution in [0.25, 0.3) is 100 Å². The molecule has 0 N–H and O–H groups in total. The van der Waals surface area contributed by atoms with Crippen molar-refractivity contribution in [3.63, 3.8) is 0 Å². The topological polar surface area (TPSA) is 64.7 Å². The largest absolute Gasteiger partial charge is 0.456 e. The van der Waals surface area contributed by atoms with Gasteiger partial charge in [0, 0.05) is 56.2 Å². The van der Waals surface area contributed by atoms with E-state index in [9.17, 15) is 0 Å². The molecular weight excluding hydrogens is 576 g/mol. The average Bonchev–Trinajstić information content (AvgIpc) is 3.69. The Morgan fingerprint density at radius 2 is 1.06 bits per heavy atom. The van der Waals surface area contributed by atoms with Crippen molar-refractivity contribution in [2.75, 3.05) is 0 Å². The minimum atomic E-state index is 0.608. The molecule has 0 spiro atoms. The van der Waals surface area contributed by atoms with E-state index in [4.69, 9.17) is 19.4 Å². The highest BCUT2D eigenvalue weighted by molar-refractivity contribution is 6.15. The van der Waals surface area contributed by atoms with Crippen molar-refractivity contribution in [3.05, 3.63) is 146 Å². The SMILES string of the molecule is c1ccc(-c2nc(-c3ccc(-c4ccc5c(c4)-c4cccc6cncc-5c46)cc3)nc(-c3cccc4oc5ccccc5c34)n2)cc1. The Hall–Kier alpha value is -6.46. The first-order valence-corrected chi connectivity index (χ1v) is 15.6. The lowest BCUT2D eigenvalue weighted by molar-refractivity contribution is 0.669. The molecular formula is C42H24N4O. The molecule has 5 heteroatoms. The van der Waals surface area contributed by atoms with Crippen molar-refractivity contribution in [2.45, 2.75) is 0 Å². The second-order valence-electron chi connectivity index (χ2n) is 11.9. The molecule has 0 amide bonds. The van der Waals surface area contributed by atoms with Crippen LogP contribution in [-0.4, -0.2) is 19.9 Å². The molecule has 3 aromatic heterocycles. The number of fused-ring (bicyclic) bond motifs is 6. The van der Waals surface area contributed by atoms with E-state index in [1.54, 1.807) is 0 Å². The molecule has 0 saturated carbocycles. The van der Waals surface area contributed by atoms with Crippen molar-refractivity contribution >= 4 is 32.7 Å². The van der Waals surface area contributed by atoms with Crippen molar-refractivity contribution in [3.8, 4) is 67.5 Å². The van der Waals surface area contributed by atoms with Crippen LogP contribution in [0.4, 0.5) is 0 Å². The van der Waals surface area contributed by atoms with Gasteiger partial charge >= 0.3 is 0 Å². The van der Waals surface area contributed by atoms with Gasteiger partial charge < -0.3 is 4.42 Å². The summed E-state index contributed by atoms with van der Waals surface area (Å²) in [6, 6.07) is 45.9. The third-order valence-corrected chi connectivity index (χ3v) is 9.17. The van der Waals surface area contributed by atoms with Crippen LogP contribution >= 0.6 is 0 Å². The van der Waals surface area contributed by atoms with Gasteiger partial charge in [0.1, 0.15) is 11.2 Å². The molecule has 0 fully saturated rings. The van der Waals surface area contributed by atoms with Gasteiger partial charge in [-0.2, -0.15) is 0 Å². The number of benzene rings is 6. The summed E-state index contributed by atoms with van der Waals surface area (Å²) in [5.41, 5.74) is 11.6.